The Morgan fingerprint density at radius 3 is 2.54 bits per heavy atom. The van der Waals surface area contributed by atoms with Crippen molar-refractivity contribution in [3.05, 3.63) is 11.6 Å². The smallest absolute Gasteiger partial charge is 0.241 e. The summed E-state index contributed by atoms with van der Waals surface area (Å²) in [6.07, 6.45) is 1.28. The van der Waals surface area contributed by atoms with Gasteiger partial charge in [-0.3, -0.25) is 4.79 Å². The first kappa shape index (κ1) is 10.2. The number of primary amides is 1. The molecule has 2 N–H and O–H groups in total. The van der Waals surface area contributed by atoms with Crippen molar-refractivity contribution < 1.29 is 13.2 Å². The average molecular weight is 204 g/mol. The molecule has 1 amide bonds. The molecule has 1 rings (SSSR count). The summed E-state index contributed by atoms with van der Waals surface area (Å²) in [7, 11) is -3.09. The summed E-state index contributed by atoms with van der Waals surface area (Å²) in [5, 5.41) is 0. The second-order valence-corrected chi connectivity index (χ2v) is 5.13. The molecule has 1 saturated heterocycles. The number of sulfonamides is 1. The van der Waals surface area contributed by atoms with Crippen LogP contribution in [0.25, 0.3) is 0 Å². The standard InChI is InChI=1S/C7H12N2O3S/c1-2-13(11,12)9-4-6(5-9)3-7(8)10/h3H,2,4-5H2,1H3,(H2,8,10). The Labute approximate surface area is 77.3 Å². The first-order chi connectivity index (χ1) is 5.95. The first-order valence-electron chi connectivity index (χ1n) is 3.92. The Balaban J connectivity index is 2.56. The SMILES string of the molecule is CCS(=O)(=O)N1CC(=CC(N)=O)C1. The van der Waals surface area contributed by atoms with Crippen molar-refractivity contribution in [2.45, 2.75) is 6.92 Å². The molecule has 0 aromatic heterocycles. The summed E-state index contributed by atoms with van der Waals surface area (Å²) in [6, 6.07) is 0. The van der Waals surface area contributed by atoms with Crippen molar-refractivity contribution in [3.8, 4) is 0 Å². The number of carbonyl (C=O) groups is 1. The number of hydrogen-bond acceptors (Lipinski definition) is 3. The third-order valence-corrected chi connectivity index (χ3v) is 3.64. The molecule has 5 nitrogen and oxygen atoms in total. The molecule has 0 saturated carbocycles. The highest BCUT2D eigenvalue weighted by atomic mass is 32.2. The Kier molecular flexibility index (Phi) is 2.72. The molecular formula is C7H12N2O3S. The third-order valence-electron chi connectivity index (χ3n) is 1.86. The van der Waals surface area contributed by atoms with Gasteiger partial charge in [0.25, 0.3) is 0 Å². The number of nitrogens with two attached hydrogens (primary N) is 1. The van der Waals surface area contributed by atoms with E-state index in [1.54, 1.807) is 6.92 Å². The van der Waals surface area contributed by atoms with Crippen molar-refractivity contribution >= 4 is 15.9 Å². The van der Waals surface area contributed by atoms with Crippen molar-refractivity contribution in [3.63, 3.8) is 0 Å². The summed E-state index contributed by atoms with van der Waals surface area (Å²) in [5.41, 5.74) is 5.67. The first-order valence-corrected chi connectivity index (χ1v) is 5.53. The summed E-state index contributed by atoms with van der Waals surface area (Å²) in [5.74, 6) is -0.430. The van der Waals surface area contributed by atoms with Crippen LogP contribution in [0.2, 0.25) is 0 Å². The van der Waals surface area contributed by atoms with E-state index in [0.717, 1.165) is 5.57 Å². The number of rotatable bonds is 3. The van der Waals surface area contributed by atoms with E-state index in [-0.39, 0.29) is 5.75 Å². The highest BCUT2D eigenvalue weighted by molar-refractivity contribution is 7.89. The van der Waals surface area contributed by atoms with Crippen molar-refractivity contribution in [2.75, 3.05) is 18.8 Å². The molecule has 0 aliphatic carbocycles. The quantitative estimate of drug-likeness (QED) is 0.603. The number of hydrogen-bond donors (Lipinski definition) is 1. The van der Waals surface area contributed by atoms with Crippen LogP contribution in [0, 0.1) is 0 Å². The Morgan fingerprint density at radius 2 is 2.15 bits per heavy atom. The summed E-state index contributed by atoms with van der Waals surface area (Å²) in [6.45, 7) is 2.20. The minimum Gasteiger partial charge on any atom is -0.366 e. The highest BCUT2D eigenvalue weighted by Gasteiger charge is 2.29. The van der Waals surface area contributed by atoms with Gasteiger partial charge in [0.15, 0.2) is 0 Å². The molecule has 0 bridgehead atoms. The van der Waals surface area contributed by atoms with Gasteiger partial charge in [-0.05, 0) is 12.5 Å². The maximum absolute atomic E-state index is 11.2. The van der Waals surface area contributed by atoms with E-state index in [2.05, 4.69) is 0 Å². The van der Waals surface area contributed by atoms with E-state index in [1.807, 2.05) is 0 Å². The maximum Gasteiger partial charge on any atom is 0.241 e. The third kappa shape index (κ3) is 2.28. The van der Waals surface area contributed by atoms with Gasteiger partial charge in [-0.1, -0.05) is 0 Å². The monoisotopic (exact) mass is 204 g/mol. The van der Waals surface area contributed by atoms with Gasteiger partial charge in [0.2, 0.25) is 15.9 Å². The second kappa shape index (κ2) is 3.47. The number of carbonyl (C=O) groups excluding carboxylic acids is 1. The van der Waals surface area contributed by atoms with Crippen LogP contribution >= 0.6 is 0 Å². The minimum absolute atomic E-state index is 0.0941. The average Bonchev–Trinajstić information content (AvgIpc) is 1.95. The van der Waals surface area contributed by atoms with E-state index >= 15 is 0 Å². The molecule has 0 radical (unpaired) electrons. The zero-order chi connectivity index (χ0) is 10.1. The predicted octanol–water partition coefficient (Wildman–Crippen LogP) is -0.937. The van der Waals surface area contributed by atoms with Gasteiger partial charge in [-0.25, -0.2) is 8.42 Å². The molecule has 1 heterocycles. The lowest BCUT2D eigenvalue weighted by Crippen LogP contribution is -2.45. The number of nitrogens with zero attached hydrogens (tertiary/aromatic N) is 1. The van der Waals surface area contributed by atoms with Crippen LogP contribution in [0.5, 0.6) is 0 Å². The molecule has 1 aliphatic heterocycles. The Bertz CT molecular complexity index is 337. The van der Waals surface area contributed by atoms with Crippen molar-refractivity contribution in [1.29, 1.82) is 0 Å². The van der Waals surface area contributed by atoms with Gasteiger partial charge in [0, 0.05) is 19.2 Å². The molecule has 0 atom stereocenters. The van der Waals surface area contributed by atoms with Crippen LogP contribution in [0.4, 0.5) is 0 Å². The summed E-state index contributed by atoms with van der Waals surface area (Å²) >= 11 is 0. The van der Waals surface area contributed by atoms with Gasteiger partial charge in [-0.2, -0.15) is 4.31 Å². The van der Waals surface area contributed by atoms with Gasteiger partial charge >= 0.3 is 0 Å². The van der Waals surface area contributed by atoms with E-state index < -0.39 is 15.9 Å². The lowest BCUT2D eigenvalue weighted by atomic mass is 10.1. The van der Waals surface area contributed by atoms with E-state index in [1.165, 1.54) is 10.4 Å². The Hall–Kier alpha value is -0.880. The van der Waals surface area contributed by atoms with Crippen LogP contribution in [0.1, 0.15) is 6.92 Å². The highest BCUT2D eigenvalue weighted by Crippen LogP contribution is 2.18. The zero-order valence-corrected chi connectivity index (χ0v) is 8.17. The minimum atomic E-state index is -3.09. The molecule has 1 aliphatic rings. The molecule has 13 heavy (non-hydrogen) atoms. The molecule has 6 heteroatoms. The van der Waals surface area contributed by atoms with Gasteiger partial charge in [0.1, 0.15) is 0 Å². The molecule has 1 fully saturated rings. The fraction of sp³-hybridized carbons (Fsp3) is 0.571. The normalized spacial score (nSPS) is 18.1. The van der Waals surface area contributed by atoms with Crippen LogP contribution in [0.3, 0.4) is 0 Å². The fourth-order valence-corrected chi connectivity index (χ4v) is 2.17. The molecule has 0 aromatic rings. The summed E-state index contributed by atoms with van der Waals surface area (Å²) in [4.78, 5) is 10.4. The molecule has 74 valence electrons. The molecule has 0 unspecified atom stereocenters. The van der Waals surface area contributed by atoms with Crippen LogP contribution in [-0.4, -0.2) is 37.5 Å². The van der Waals surface area contributed by atoms with Crippen molar-refractivity contribution in [1.82, 2.24) is 4.31 Å². The van der Waals surface area contributed by atoms with Crippen LogP contribution < -0.4 is 5.73 Å². The largest absolute Gasteiger partial charge is 0.366 e. The van der Waals surface area contributed by atoms with Crippen LogP contribution in [0.15, 0.2) is 11.6 Å². The van der Waals surface area contributed by atoms with E-state index in [0.29, 0.717) is 13.1 Å². The molecule has 0 spiro atoms. The fourth-order valence-electron chi connectivity index (χ4n) is 1.08. The van der Waals surface area contributed by atoms with Crippen molar-refractivity contribution in [2.24, 2.45) is 5.73 Å². The zero-order valence-electron chi connectivity index (χ0n) is 7.36. The van der Waals surface area contributed by atoms with Crippen LogP contribution in [-0.2, 0) is 14.8 Å². The number of amides is 1. The molecule has 0 aromatic carbocycles. The topological polar surface area (TPSA) is 80.5 Å². The van der Waals surface area contributed by atoms with E-state index in [9.17, 15) is 13.2 Å². The predicted molar refractivity (Wildman–Crippen MR) is 48.3 cm³/mol. The Morgan fingerprint density at radius 1 is 1.62 bits per heavy atom. The van der Waals surface area contributed by atoms with Gasteiger partial charge in [-0.15, -0.1) is 0 Å². The molecular weight excluding hydrogens is 192 g/mol. The maximum atomic E-state index is 11.2. The van der Waals surface area contributed by atoms with Gasteiger partial charge < -0.3 is 5.73 Å². The lowest BCUT2D eigenvalue weighted by molar-refractivity contribution is -0.113. The van der Waals surface area contributed by atoms with E-state index in [4.69, 9.17) is 5.73 Å². The lowest BCUT2D eigenvalue weighted by Gasteiger charge is -2.32. The summed E-state index contributed by atoms with van der Waals surface area (Å²) < 4.78 is 23.7. The van der Waals surface area contributed by atoms with Gasteiger partial charge in [0.05, 0.1) is 5.75 Å². The second-order valence-electron chi connectivity index (χ2n) is 2.87.